The molecule has 3 N–H and O–H groups in total. The number of aromatic nitrogens is 1. The monoisotopic (exact) mass is 348 g/mol. The van der Waals surface area contributed by atoms with E-state index in [0.29, 0.717) is 5.92 Å². The van der Waals surface area contributed by atoms with Crippen molar-refractivity contribution in [3.8, 4) is 0 Å². The molecule has 1 heterocycles. The molecule has 1 aromatic rings. The fourth-order valence-corrected chi connectivity index (χ4v) is 2.82. The number of halogens is 3. The Morgan fingerprint density at radius 2 is 2.10 bits per heavy atom. The number of carbonyl (C=O) groups excluding carboxylic acids is 1. The van der Waals surface area contributed by atoms with Gasteiger partial charge in [-0.15, -0.1) is 0 Å². The molecule has 1 amide bonds. The zero-order chi connectivity index (χ0) is 15.6. The first-order valence-corrected chi connectivity index (χ1v) is 7.69. The van der Waals surface area contributed by atoms with Crippen molar-refractivity contribution in [1.82, 2.24) is 10.4 Å². The highest BCUT2D eigenvalue weighted by atomic mass is 35.5. The van der Waals surface area contributed by atoms with Crippen molar-refractivity contribution >= 4 is 52.1 Å². The maximum Gasteiger partial charge on any atom is 0.291 e. The van der Waals surface area contributed by atoms with Crippen LogP contribution >= 0.6 is 34.8 Å². The van der Waals surface area contributed by atoms with Gasteiger partial charge in [-0.05, 0) is 31.6 Å². The molecule has 1 aromatic heterocycles. The fraction of sp³-hybridized carbons (Fsp3) is 0.462. The summed E-state index contributed by atoms with van der Waals surface area (Å²) in [6.07, 6.45) is 4.03. The molecule has 0 aliphatic heterocycles. The lowest BCUT2D eigenvalue weighted by atomic mass is 9.89. The zero-order valence-corrected chi connectivity index (χ0v) is 13.7. The first-order valence-electron chi connectivity index (χ1n) is 6.56. The summed E-state index contributed by atoms with van der Waals surface area (Å²) in [7, 11) is 0. The van der Waals surface area contributed by atoms with E-state index in [2.05, 4.69) is 22.4 Å². The van der Waals surface area contributed by atoms with Crippen molar-refractivity contribution in [2.45, 2.75) is 32.6 Å². The zero-order valence-electron chi connectivity index (χ0n) is 11.4. The van der Waals surface area contributed by atoms with E-state index in [0.717, 1.165) is 25.0 Å². The number of nitrogens with zero attached hydrogens (tertiary/aromatic N) is 2. The second kappa shape index (κ2) is 6.81. The molecule has 0 bridgehead atoms. The number of nitrogens with two attached hydrogens (primary N) is 1. The Balaban J connectivity index is 2.16. The Kier molecular flexibility index (Phi) is 5.30. The topological polar surface area (TPSA) is 80.4 Å². The minimum atomic E-state index is -0.559. The van der Waals surface area contributed by atoms with Gasteiger partial charge in [0.25, 0.3) is 5.91 Å². The highest BCUT2D eigenvalue weighted by Crippen LogP contribution is 2.34. The molecule has 0 radical (unpaired) electrons. The van der Waals surface area contributed by atoms with Crippen molar-refractivity contribution in [1.29, 1.82) is 0 Å². The summed E-state index contributed by atoms with van der Waals surface area (Å²) >= 11 is 17.6. The molecule has 0 unspecified atom stereocenters. The van der Waals surface area contributed by atoms with Crippen molar-refractivity contribution in [3.05, 3.63) is 20.9 Å². The van der Waals surface area contributed by atoms with Crippen LogP contribution < -0.4 is 11.2 Å². The van der Waals surface area contributed by atoms with Crippen LogP contribution in [0, 0.1) is 5.92 Å². The largest absolute Gasteiger partial charge is 0.396 e. The van der Waals surface area contributed by atoms with Gasteiger partial charge in [0, 0.05) is 5.71 Å². The van der Waals surface area contributed by atoms with Crippen LogP contribution in [0.1, 0.15) is 43.1 Å². The number of anilines is 1. The van der Waals surface area contributed by atoms with Gasteiger partial charge in [0.05, 0.1) is 10.7 Å². The first kappa shape index (κ1) is 16.3. The maximum atomic E-state index is 12.1. The molecule has 0 aromatic carbocycles. The van der Waals surface area contributed by atoms with Crippen LogP contribution in [0.25, 0.3) is 0 Å². The summed E-state index contributed by atoms with van der Waals surface area (Å²) in [6.45, 7) is 2.16. The van der Waals surface area contributed by atoms with E-state index in [9.17, 15) is 4.79 Å². The smallest absolute Gasteiger partial charge is 0.291 e. The average molecular weight is 350 g/mol. The molecule has 1 saturated carbocycles. The van der Waals surface area contributed by atoms with Crippen molar-refractivity contribution < 1.29 is 4.79 Å². The Bertz CT molecular complexity index is 604. The third-order valence-corrected chi connectivity index (χ3v) is 4.48. The van der Waals surface area contributed by atoms with Crippen molar-refractivity contribution in [2.75, 3.05) is 5.73 Å². The van der Waals surface area contributed by atoms with Crippen LogP contribution in [0.2, 0.25) is 15.2 Å². The average Bonchev–Trinajstić information content (AvgIpc) is 2.46. The van der Waals surface area contributed by atoms with Crippen LogP contribution in [0.4, 0.5) is 5.69 Å². The summed E-state index contributed by atoms with van der Waals surface area (Å²) < 4.78 is 0. The standard InChI is InChI=1S/C13H15Cl3N4O/c1-6-3-2-4-7(5-6)19-20-13(21)11-8(14)10(17)9(15)12(16)18-11/h6H,2-5H2,1H3,(H2,17,18)(H,20,21)/b19-7-/t6-/m1/s1. The SMILES string of the molecule is C[C@@H]1CCC/C(=N/NC(=O)c2nc(Cl)c(Cl)c(N)c2Cl)C1. The number of hydrogen-bond acceptors (Lipinski definition) is 4. The van der Waals surface area contributed by atoms with Crippen LogP contribution in [0.3, 0.4) is 0 Å². The molecule has 1 aliphatic rings. The predicted octanol–water partition coefficient (Wildman–Crippen LogP) is 3.92. The van der Waals surface area contributed by atoms with Crippen molar-refractivity contribution in [3.63, 3.8) is 0 Å². The molecular formula is C13H15Cl3N4O. The summed E-state index contributed by atoms with van der Waals surface area (Å²) in [5.74, 6) is 0.0210. The van der Waals surface area contributed by atoms with Gasteiger partial charge in [-0.3, -0.25) is 4.79 Å². The molecule has 114 valence electrons. The van der Waals surface area contributed by atoms with Crippen LogP contribution in [-0.2, 0) is 0 Å². The number of hydrazone groups is 1. The predicted molar refractivity (Wildman–Crippen MR) is 86.2 cm³/mol. The molecule has 8 heteroatoms. The Morgan fingerprint density at radius 1 is 1.38 bits per heavy atom. The van der Waals surface area contributed by atoms with Crippen LogP contribution in [-0.4, -0.2) is 16.6 Å². The molecule has 1 aliphatic carbocycles. The number of nitrogens with one attached hydrogen (secondary N) is 1. The third-order valence-electron chi connectivity index (χ3n) is 3.35. The second-order valence-electron chi connectivity index (χ2n) is 5.11. The van der Waals surface area contributed by atoms with Gasteiger partial charge in [-0.25, -0.2) is 10.4 Å². The lowest BCUT2D eigenvalue weighted by molar-refractivity contribution is 0.0949. The number of nitrogen functional groups attached to an aromatic ring is 1. The Labute approximate surface area is 137 Å². The molecule has 21 heavy (non-hydrogen) atoms. The first-order chi connectivity index (χ1) is 9.90. The minimum Gasteiger partial charge on any atom is -0.396 e. The molecule has 0 spiro atoms. The van der Waals surface area contributed by atoms with E-state index in [1.54, 1.807) is 0 Å². The Morgan fingerprint density at radius 3 is 2.76 bits per heavy atom. The second-order valence-corrected chi connectivity index (χ2v) is 6.23. The van der Waals surface area contributed by atoms with Gasteiger partial charge < -0.3 is 5.73 Å². The molecule has 0 saturated heterocycles. The number of pyridine rings is 1. The number of amides is 1. The van der Waals surface area contributed by atoms with Gasteiger partial charge in [0.1, 0.15) is 5.02 Å². The van der Waals surface area contributed by atoms with Crippen molar-refractivity contribution in [2.24, 2.45) is 11.0 Å². The van der Waals surface area contributed by atoms with E-state index < -0.39 is 5.91 Å². The van der Waals surface area contributed by atoms with Gasteiger partial charge in [0.2, 0.25) is 0 Å². The molecule has 1 atom stereocenters. The number of carbonyl (C=O) groups is 1. The van der Waals surface area contributed by atoms with Gasteiger partial charge in [-0.1, -0.05) is 41.7 Å². The van der Waals surface area contributed by atoms with Gasteiger partial charge in [-0.2, -0.15) is 5.10 Å². The van der Waals surface area contributed by atoms with Gasteiger partial charge >= 0.3 is 0 Å². The van der Waals surface area contributed by atoms with E-state index in [1.807, 2.05) is 0 Å². The summed E-state index contributed by atoms with van der Waals surface area (Å²) in [4.78, 5) is 15.9. The highest BCUT2D eigenvalue weighted by molar-refractivity contribution is 6.46. The number of hydrogen-bond donors (Lipinski definition) is 2. The van der Waals surface area contributed by atoms with Crippen LogP contribution in [0.15, 0.2) is 5.10 Å². The molecule has 1 fully saturated rings. The third kappa shape index (κ3) is 3.78. The normalized spacial score (nSPS) is 20.6. The quantitative estimate of drug-likeness (QED) is 0.627. The number of rotatable bonds is 2. The molecule has 2 rings (SSSR count). The highest BCUT2D eigenvalue weighted by Gasteiger charge is 2.20. The lowest BCUT2D eigenvalue weighted by Crippen LogP contribution is -2.23. The summed E-state index contributed by atoms with van der Waals surface area (Å²) in [6, 6.07) is 0. The lowest BCUT2D eigenvalue weighted by Gasteiger charge is -2.19. The van der Waals surface area contributed by atoms with E-state index in [4.69, 9.17) is 40.5 Å². The molecule has 5 nitrogen and oxygen atoms in total. The summed E-state index contributed by atoms with van der Waals surface area (Å²) in [5.41, 5.74) is 9.03. The minimum absolute atomic E-state index is 0.0286. The molecular weight excluding hydrogens is 335 g/mol. The Hall–Kier alpha value is -1.04. The van der Waals surface area contributed by atoms with Gasteiger partial charge in [0.15, 0.2) is 10.8 Å². The van der Waals surface area contributed by atoms with E-state index in [1.165, 1.54) is 6.42 Å². The van der Waals surface area contributed by atoms with E-state index >= 15 is 0 Å². The maximum absolute atomic E-state index is 12.1. The fourth-order valence-electron chi connectivity index (χ4n) is 2.23. The van der Waals surface area contributed by atoms with E-state index in [-0.39, 0.29) is 26.6 Å². The summed E-state index contributed by atoms with van der Waals surface area (Å²) in [5, 5.41) is 4.07. The van der Waals surface area contributed by atoms with Crippen LogP contribution in [0.5, 0.6) is 0 Å².